The topological polar surface area (TPSA) is 130 Å². The molecule has 1 unspecified atom stereocenters. The molecule has 0 bridgehead atoms. The lowest BCUT2D eigenvalue weighted by Gasteiger charge is -2.17. The van der Waals surface area contributed by atoms with Gasteiger partial charge in [-0.2, -0.15) is 5.10 Å². The zero-order valence-corrected chi connectivity index (χ0v) is 12.3. The molecule has 0 aliphatic heterocycles. The van der Waals surface area contributed by atoms with Crippen molar-refractivity contribution in [3.8, 4) is 11.5 Å². The molecule has 0 spiro atoms. The molecule has 2 aromatic heterocycles. The highest BCUT2D eigenvalue weighted by Gasteiger charge is 2.31. The maximum atomic E-state index is 12.0. The molecule has 0 fully saturated rings. The van der Waals surface area contributed by atoms with Gasteiger partial charge in [-0.3, -0.25) is 9.48 Å². The van der Waals surface area contributed by atoms with E-state index in [1.165, 1.54) is 0 Å². The summed E-state index contributed by atoms with van der Waals surface area (Å²) in [5.74, 6) is -1.54. The average molecular weight is 308 g/mol. The number of aromatic nitrogens is 3. The minimum atomic E-state index is -2.06. The first-order chi connectivity index (χ1) is 10.2. The number of carboxylic acids is 1. The minimum Gasteiger partial charge on any atom is -0.479 e. The van der Waals surface area contributed by atoms with Crippen LogP contribution in [0.1, 0.15) is 23.2 Å². The second-order valence-corrected chi connectivity index (χ2v) is 5.09. The molecule has 2 heterocycles. The van der Waals surface area contributed by atoms with E-state index < -0.39 is 24.0 Å². The summed E-state index contributed by atoms with van der Waals surface area (Å²) < 4.78 is 6.98. The fourth-order valence-electron chi connectivity index (χ4n) is 1.67. The van der Waals surface area contributed by atoms with Gasteiger partial charge in [0.25, 0.3) is 5.91 Å². The Balaban J connectivity index is 2.14. The fraction of sp³-hybridized carbons (Fsp3) is 0.385. The van der Waals surface area contributed by atoms with Crippen LogP contribution in [-0.2, 0) is 11.8 Å². The van der Waals surface area contributed by atoms with Crippen LogP contribution in [0.25, 0.3) is 11.5 Å². The van der Waals surface area contributed by atoms with E-state index in [0.717, 1.165) is 6.92 Å². The smallest absolute Gasteiger partial charge is 0.337 e. The number of nitrogens with one attached hydrogen (secondary N) is 1. The molecule has 9 nitrogen and oxygen atoms in total. The molecule has 118 valence electrons. The number of rotatable bonds is 5. The molecule has 0 aliphatic carbocycles. The number of nitrogens with zero attached hydrogens (tertiary/aromatic N) is 3. The molecule has 22 heavy (non-hydrogen) atoms. The van der Waals surface area contributed by atoms with Crippen LogP contribution >= 0.6 is 0 Å². The van der Waals surface area contributed by atoms with Gasteiger partial charge in [0.2, 0.25) is 5.89 Å². The standard InChI is InChI=1S/C13H16N4O5/c1-7-9(10(18)14-6-13(2,21)12(19)20)16-11(22-7)8-4-15-17(3)5-8/h4-5,21H,6H2,1-3H3,(H,14,18)(H,19,20). The Kier molecular flexibility index (Phi) is 4.00. The molecule has 2 rings (SSSR count). The van der Waals surface area contributed by atoms with Crippen molar-refractivity contribution in [2.75, 3.05) is 6.54 Å². The first-order valence-electron chi connectivity index (χ1n) is 6.41. The van der Waals surface area contributed by atoms with Crippen molar-refractivity contribution >= 4 is 11.9 Å². The van der Waals surface area contributed by atoms with Crippen LogP contribution in [-0.4, -0.2) is 49.0 Å². The van der Waals surface area contributed by atoms with Gasteiger partial charge in [-0.05, 0) is 13.8 Å². The monoisotopic (exact) mass is 308 g/mol. The van der Waals surface area contributed by atoms with Crippen LogP contribution in [0.2, 0.25) is 0 Å². The summed E-state index contributed by atoms with van der Waals surface area (Å²) in [5, 5.41) is 24.7. The second kappa shape index (κ2) is 5.60. The largest absolute Gasteiger partial charge is 0.479 e. The summed E-state index contributed by atoms with van der Waals surface area (Å²) in [4.78, 5) is 26.9. The second-order valence-electron chi connectivity index (χ2n) is 5.09. The van der Waals surface area contributed by atoms with E-state index in [-0.39, 0.29) is 17.3 Å². The highest BCUT2D eigenvalue weighted by Crippen LogP contribution is 2.21. The maximum Gasteiger partial charge on any atom is 0.337 e. The van der Waals surface area contributed by atoms with Crippen molar-refractivity contribution in [2.45, 2.75) is 19.4 Å². The summed E-state index contributed by atoms with van der Waals surface area (Å²) >= 11 is 0. The zero-order chi connectivity index (χ0) is 16.5. The van der Waals surface area contributed by atoms with E-state index in [1.807, 2.05) is 0 Å². The molecule has 0 saturated carbocycles. The number of aliphatic carboxylic acids is 1. The third-order valence-corrected chi connectivity index (χ3v) is 3.02. The normalized spacial score (nSPS) is 13.6. The Hall–Kier alpha value is -2.68. The Labute approximate surface area is 125 Å². The lowest BCUT2D eigenvalue weighted by Crippen LogP contribution is -2.46. The van der Waals surface area contributed by atoms with Crippen LogP contribution in [0.15, 0.2) is 16.8 Å². The van der Waals surface area contributed by atoms with Gasteiger partial charge in [0, 0.05) is 13.2 Å². The summed E-state index contributed by atoms with van der Waals surface area (Å²) in [6, 6.07) is 0. The van der Waals surface area contributed by atoms with Crippen molar-refractivity contribution in [1.82, 2.24) is 20.1 Å². The van der Waals surface area contributed by atoms with Gasteiger partial charge in [-0.15, -0.1) is 0 Å². The summed E-state index contributed by atoms with van der Waals surface area (Å²) in [6.45, 7) is 2.21. The van der Waals surface area contributed by atoms with Crippen LogP contribution < -0.4 is 5.32 Å². The third-order valence-electron chi connectivity index (χ3n) is 3.02. The highest BCUT2D eigenvalue weighted by molar-refractivity contribution is 5.94. The Bertz CT molecular complexity index is 716. The van der Waals surface area contributed by atoms with Crippen LogP contribution in [0.3, 0.4) is 0 Å². The summed E-state index contributed by atoms with van der Waals surface area (Å²) in [7, 11) is 1.74. The number of carbonyl (C=O) groups excluding carboxylic acids is 1. The summed E-state index contributed by atoms with van der Waals surface area (Å²) in [5.41, 5.74) is -1.42. The van der Waals surface area contributed by atoms with Gasteiger partial charge < -0.3 is 19.9 Å². The molecule has 3 N–H and O–H groups in total. The first-order valence-corrected chi connectivity index (χ1v) is 6.41. The molecule has 0 aromatic carbocycles. The van der Waals surface area contributed by atoms with E-state index in [2.05, 4.69) is 15.4 Å². The van der Waals surface area contributed by atoms with Crippen LogP contribution in [0.5, 0.6) is 0 Å². The van der Waals surface area contributed by atoms with Gasteiger partial charge in [0.15, 0.2) is 11.3 Å². The van der Waals surface area contributed by atoms with E-state index in [0.29, 0.717) is 5.56 Å². The van der Waals surface area contributed by atoms with Crippen molar-refractivity contribution < 1.29 is 24.2 Å². The third kappa shape index (κ3) is 3.14. The Morgan fingerprint density at radius 3 is 2.73 bits per heavy atom. The first kappa shape index (κ1) is 15.7. The molecule has 2 aromatic rings. The lowest BCUT2D eigenvalue weighted by atomic mass is 10.1. The number of aliphatic hydroxyl groups is 1. The van der Waals surface area contributed by atoms with E-state index in [9.17, 15) is 14.7 Å². The SMILES string of the molecule is Cc1oc(-c2cnn(C)c2)nc1C(=O)NCC(C)(O)C(=O)O. The molecule has 9 heteroatoms. The van der Waals surface area contributed by atoms with Crippen LogP contribution in [0.4, 0.5) is 0 Å². The predicted octanol–water partition coefficient (Wildman–Crippen LogP) is -0.0511. The van der Waals surface area contributed by atoms with Gasteiger partial charge in [0.05, 0.1) is 18.3 Å². The van der Waals surface area contributed by atoms with Gasteiger partial charge in [-0.1, -0.05) is 0 Å². The minimum absolute atomic E-state index is 0.0278. The number of carbonyl (C=O) groups is 2. The van der Waals surface area contributed by atoms with E-state index >= 15 is 0 Å². The Morgan fingerprint density at radius 1 is 1.50 bits per heavy atom. The molecule has 1 atom stereocenters. The molecular weight excluding hydrogens is 292 g/mol. The average Bonchev–Trinajstić information content (AvgIpc) is 3.02. The Morgan fingerprint density at radius 2 is 2.18 bits per heavy atom. The van der Waals surface area contributed by atoms with Crippen molar-refractivity contribution in [2.24, 2.45) is 7.05 Å². The quantitative estimate of drug-likeness (QED) is 0.705. The molecule has 0 aliphatic rings. The lowest BCUT2D eigenvalue weighted by molar-refractivity contribution is -0.155. The predicted molar refractivity (Wildman–Crippen MR) is 74.0 cm³/mol. The number of hydrogen-bond donors (Lipinski definition) is 3. The number of oxazole rings is 1. The maximum absolute atomic E-state index is 12.0. The molecule has 0 radical (unpaired) electrons. The number of carboxylic acid groups (broad SMARTS) is 1. The fourth-order valence-corrected chi connectivity index (χ4v) is 1.67. The molecule has 0 saturated heterocycles. The van der Waals surface area contributed by atoms with E-state index in [4.69, 9.17) is 9.52 Å². The number of hydrogen-bond acceptors (Lipinski definition) is 6. The van der Waals surface area contributed by atoms with Crippen LogP contribution in [0, 0.1) is 6.92 Å². The highest BCUT2D eigenvalue weighted by atomic mass is 16.4. The molecule has 1 amide bonds. The molecular formula is C13H16N4O5. The van der Waals surface area contributed by atoms with Gasteiger partial charge in [-0.25, -0.2) is 9.78 Å². The van der Waals surface area contributed by atoms with Gasteiger partial charge in [0.1, 0.15) is 5.76 Å². The summed E-state index contributed by atoms with van der Waals surface area (Å²) in [6.07, 6.45) is 3.23. The zero-order valence-electron chi connectivity index (χ0n) is 12.3. The van der Waals surface area contributed by atoms with Crippen molar-refractivity contribution in [3.05, 3.63) is 23.8 Å². The van der Waals surface area contributed by atoms with Crippen molar-refractivity contribution in [3.63, 3.8) is 0 Å². The van der Waals surface area contributed by atoms with Crippen molar-refractivity contribution in [1.29, 1.82) is 0 Å². The van der Waals surface area contributed by atoms with E-state index in [1.54, 1.807) is 31.0 Å². The van der Waals surface area contributed by atoms with Gasteiger partial charge >= 0.3 is 5.97 Å². The number of aryl methyl sites for hydroxylation is 2. The number of amides is 1.